The van der Waals surface area contributed by atoms with Crippen molar-refractivity contribution in [3.05, 3.63) is 34.9 Å². The number of halogens is 3. The number of hydrogen-bond acceptors (Lipinski definition) is 2. The minimum absolute atomic E-state index is 0.524. The largest absolute Gasteiger partial charge is 0.416 e. The molecule has 0 aliphatic carbocycles. The molecule has 21 heavy (non-hydrogen) atoms. The zero-order chi connectivity index (χ0) is 15.5. The summed E-state index contributed by atoms with van der Waals surface area (Å²) in [4.78, 5) is 4.60. The Labute approximate surface area is 124 Å². The predicted octanol–water partition coefficient (Wildman–Crippen LogP) is 3.41. The van der Waals surface area contributed by atoms with Gasteiger partial charge in [-0.1, -0.05) is 19.9 Å². The van der Waals surface area contributed by atoms with Gasteiger partial charge in [0.25, 0.3) is 0 Å². The van der Waals surface area contributed by atoms with Crippen molar-refractivity contribution in [1.82, 2.24) is 9.80 Å². The molecule has 1 aromatic rings. The molecule has 1 saturated heterocycles. The third-order valence-corrected chi connectivity index (χ3v) is 4.11. The summed E-state index contributed by atoms with van der Waals surface area (Å²) in [7, 11) is 0. The summed E-state index contributed by atoms with van der Waals surface area (Å²) in [5, 5.41) is 0. The molecule has 1 aromatic carbocycles. The van der Waals surface area contributed by atoms with E-state index in [-0.39, 0.29) is 0 Å². The molecule has 1 aliphatic heterocycles. The molecule has 5 heteroatoms. The van der Waals surface area contributed by atoms with Gasteiger partial charge in [0.05, 0.1) is 5.56 Å². The lowest BCUT2D eigenvalue weighted by Crippen LogP contribution is -2.45. The maximum atomic E-state index is 12.9. The van der Waals surface area contributed by atoms with Gasteiger partial charge in [0.2, 0.25) is 0 Å². The van der Waals surface area contributed by atoms with Crippen LogP contribution < -0.4 is 0 Å². The van der Waals surface area contributed by atoms with Gasteiger partial charge in [-0.2, -0.15) is 13.2 Å². The molecular weight excluding hydrogens is 277 g/mol. The van der Waals surface area contributed by atoms with Crippen molar-refractivity contribution < 1.29 is 13.2 Å². The first-order valence-electron chi connectivity index (χ1n) is 7.57. The fourth-order valence-electron chi connectivity index (χ4n) is 2.74. The van der Waals surface area contributed by atoms with E-state index < -0.39 is 11.7 Å². The van der Waals surface area contributed by atoms with Crippen LogP contribution in [-0.4, -0.2) is 42.5 Å². The molecule has 2 nitrogen and oxygen atoms in total. The average molecular weight is 300 g/mol. The van der Waals surface area contributed by atoms with E-state index in [1.165, 1.54) is 12.1 Å². The normalized spacial score (nSPS) is 18.1. The third-order valence-electron chi connectivity index (χ3n) is 4.11. The third kappa shape index (κ3) is 4.45. The molecule has 1 heterocycles. The summed E-state index contributed by atoms with van der Waals surface area (Å²) < 4.78 is 38.8. The van der Waals surface area contributed by atoms with Crippen LogP contribution in [0.4, 0.5) is 13.2 Å². The highest BCUT2D eigenvalue weighted by Gasteiger charge is 2.31. The smallest absolute Gasteiger partial charge is 0.301 e. The lowest BCUT2D eigenvalue weighted by Gasteiger charge is -2.34. The summed E-state index contributed by atoms with van der Waals surface area (Å²) in [6.07, 6.45) is -3.64. The standard InChI is InChI=1S/C16H23F3N2/c1-3-13-9-14(11-15(10-13)16(17,18)19)12-21-7-5-20(4-2)6-8-21/h9-11H,3-8,12H2,1-2H3. The lowest BCUT2D eigenvalue weighted by molar-refractivity contribution is -0.137. The molecule has 0 spiro atoms. The summed E-state index contributed by atoms with van der Waals surface area (Å²) in [5.41, 5.74) is 1.00. The maximum absolute atomic E-state index is 12.9. The average Bonchev–Trinajstić information content (AvgIpc) is 2.46. The van der Waals surface area contributed by atoms with Gasteiger partial charge in [-0.15, -0.1) is 0 Å². The minimum atomic E-state index is -4.26. The van der Waals surface area contributed by atoms with Crippen LogP contribution in [0.5, 0.6) is 0 Å². The molecular formula is C16H23F3N2. The molecule has 118 valence electrons. The Morgan fingerprint density at radius 3 is 2.00 bits per heavy atom. The molecule has 0 unspecified atom stereocenters. The van der Waals surface area contributed by atoms with E-state index in [0.29, 0.717) is 13.0 Å². The zero-order valence-electron chi connectivity index (χ0n) is 12.7. The van der Waals surface area contributed by atoms with Crippen molar-refractivity contribution >= 4 is 0 Å². The second-order valence-corrected chi connectivity index (χ2v) is 5.60. The summed E-state index contributed by atoms with van der Waals surface area (Å²) in [5.74, 6) is 0. The number of hydrogen-bond donors (Lipinski definition) is 0. The first-order valence-corrected chi connectivity index (χ1v) is 7.57. The van der Waals surface area contributed by atoms with Gasteiger partial charge in [0.1, 0.15) is 0 Å². The van der Waals surface area contributed by atoms with Crippen LogP contribution in [0.1, 0.15) is 30.5 Å². The van der Waals surface area contributed by atoms with Gasteiger partial charge in [-0.3, -0.25) is 4.90 Å². The van der Waals surface area contributed by atoms with Gasteiger partial charge < -0.3 is 4.90 Å². The maximum Gasteiger partial charge on any atom is 0.416 e. The number of nitrogens with zero attached hydrogens (tertiary/aromatic N) is 2. The van der Waals surface area contributed by atoms with E-state index in [1.54, 1.807) is 0 Å². The molecule has 2 rings (SSSR count). The summed E-state index contributed by atoms with van der Waals surface area (Å²) in [6, 6.07) is 4.46. The Morgan fingerprint density at radius 1 is 0.905 bits per heavy atom. The van der Waals surface area contributed by atoms with E-state index in [2.05, 4.69) is 16.7 Å². The van der Waals surface area contributed by atoms with Crippen LogP contribution >= 0.6 is 0 Å². The van der Waals surface area contributed by atoms with Gasteiger partial charge >= 0.3 is 6.18 Å². The quantitative estimate of drug-likeness (QED) is 0.841. The Morgan fingerprint density at radius 2 is 1.48 bits per heavy atom. The Hall–Kier alpha value is -1.07. The van der Waals surface area contributed by atoms with Crippen LogP contribution in [-0.2, 0) is 19.1 Å². The Kier molecular flexibility index (Phi) is 5.27. The van der Waals surface area contributed by atoms with Crippen LogP contribution in [0, 0.1) is 0 Å². The topological polar surface area (TPSA) is 6.48 Å². The van der Waals surface area contributed by atoms with E-state index in [4.69, 9.17) is 0 Å². The Balaban J connectivity index is 2.09. The van der Waals surface area contributed by atoms with Crippen molar-refractivity contribution in [3.8, 4) is 0 Å². The van der Waals surface area contributed by atoms with E-state index in [9.17, 15) is 13.2 Å². The van der Waals surface area contributed by atoms with Gasteiger partial charge in [0.15, 0.2) is 0 Å². The highest BCUT2D eigenvalue weighted by Crippen LogP contribution is 2.31. The van der Waals surface area contributed by atoms with Crippen molar-refractivity contribution in [2.45, 2.75) is 33.0 Å². The fourth-order valence-corrected chi connectivity index (χ4v) is 2.74. The monoisotopic (exact) mass is 300 g/mol. The van der Waals surface area contributed by atoms with Gasteiger partial charge in [0, 0.05) is 32.7 Å². The number of aryl methyl sites for hydroxylation is 1. The number of piperazine rings is 1. The summed E-state index contributed by atoms with van der Waals surface area (Å²) in [6.45, 7) is 9.50. The van der Waals surface area contributed by atoms with Gasteiger partial charge in [-0.25, -0.2) is 0 Å². The second-order valence-electron chi connectivity index (χ2n) is 5.60. The highest BCUT2D eigenvalue weighted by atomic mass is 19.4. The van der Waals surface area contributed by atoms with E-state index in [0.717, 1.165) is 43.9 Å². The van der Waals surface area contributed by atoms with Crippen LogP contribution in [0.25, 0.3) is 0 Å². The SMILES string of the molecule is CCc1cc(CN2CCN(CC)CC2)cc(C(F)(F)F)c1. The summed E-state index contributed by atoms with van der Waals surface area (Å²) >= 11 is 0. The van der Waals surface area contributed by atoms with E-state index in [1.807, 2.05) is 13.0 Å². The van der Waals surface area contributed by atoms with Gasteiger partial charge in [-0.05, 0) is 36.2 Å². The number of likely N-dealkylation sites (N-methyl/N-ethyl adjacent to an activating group) is 1. The molecule has 0 bridgehead atoms. The molecule has 1 fully saturated rings. The highest BCUT2D eigenvalue weighted by molar-refractivity contribution is 5.32. The molecule has 0 atom stereocenters. The van der Waals surface area contributed by atoms with Crippen molar-refractivity contribution in [2.75, 3.05) is 32.7 Å². The molecule has 1 aliphatic rings. The molecule has 0 aromatic heterocycles. The van der Waals surface area contributed by atoms with Crippen molar-refractivity contribution in [3.63, 3.8) is 0 Å². The van der Waals surface area contributed by atoms with Crippen LogP contribution in [0.3, 0.4) is 0 Å². The molecule has 0 amide bonds. The Bertz CT molecular complexity index is 463. The predicted molar refractivity (Wildman–Crippen MR) is 78.2 cm³/mol. The van der Waals surface area contributed by atoms with Crippen LogP contribution in [0.15, 0.2) is 18.2 Å². The van der Waals surface area contributed by atoms with E-state index >= 15 is 0 Å². The van der Waals surface area contributed by atoms with Crippen molar-refractivity contribution in [2.24, 2.45) is 0 Å². The minimum Gasteiger partial charge on any atom is -0.301 e. The van der Waals surface area contributed by atoms with Crippen LogP contribution in [0.2, 0.25) is 0 Å². The molecule has 0 N–H and O–H groups in total. The fraction of sp³-hybridized carbons (Fsp3) is 0.625. The molecule has 0 saturated carbocycles. The first-order chi connectivity index (χ1) is 9.92. The van der Waals surface area contributed by atoms with Crippen molar-refractivity contribution in [1.29, 1.82) is 0 Å². The number of rotatable bonds is 4. The number of alkyl halides is 3. The molecule has 0 radical (unpaired) electrons. The first kappa shape index (κ1) is 16.3. The second kappa shape index (κ2) is 6.79. The number of benzene rings is 1. The zero-order valence-corrected chi connectivity index (χ0v) is 12.7. The lowest BCUT2D eigenvalue weighted by atomic mass is 10.0.